The number of primary amides is 1. The highest BCUT2D eigenvalue weighted by Crippen LogP contribution is 2.34. The minimum atomic E-state index is -0.668. The van der Waals surface area contributed by atoms with Crippen LogP contribution in [0.5, 0.6) is 5.88 Å². The smallest absolute Gasteiger partial charge is 0.254 e. The highest BCUT2D eigenvalue weighted by atomic mass is 35.5. The van der Waals surface area contributed by atoms with Gasteiger partial charge in [0, 0.05) is 0 Å². The van der Waals surface area contributed by atoms with Crippen LogP contribution in [0.1, 0.15) is 29.6 Å². The van der Waals surface area contributed by atoms with Gasteiger partial charge in [0.05, 0.1) is 17.7 Å². The van der Waals surface area contributed by atoms with Crippen LogP contribution in [0.2, 0.25) is 10.2 Å². The zero-order valence-corrected chi connectivity index (χ0v) is 11.6. The number of aromatic nitrogens is 1. The first-order chi connectivity index (χ1) is 8.99. The van der Waals surface area contributed by atoms with E-state index >= 15 is 0 Å². The molecule has 2 rings (SSSR count). The van der Waals surface area contributed by atoms with Gasteiger partial charge >= 0.3 is 0 Å². The zero-order valence-electron chi connectivity index (χ0n) is 10.1. The first kappa shape index (κ1) is 14.4. The van der Waals surface area contributed by atoms with E-state index in [0.29, 0.717) is 12.5 Å². The van der Waals surface area contributed by atoms with Crippen molar-refractivity contribution in [3.05, 3.63) is 21.8 Å². The van der Waals surface area contributed by atoms with Crippen molar-refractivity contribution in [3.63, 3.8) is 0 Å². The summed E-state index contributed by atoms with van der Waals surface area (Å²) in [5, 5.41) is 9.41. The van der Waals surface area contributed by atoms with Gasteiger partial charge in [-0.3, -0.25) is 4.79 Å². The summed E-state index contributed by atoms with van der Waals surface area (Å²) in [7, 11) is 0. The Balaban J connectivity index is 1.94. The first-order valence-corrected chi connectivity index (χ1v) is 6.71. The summed E-state index contributed by atoms with van der Waals surface area (Å²) in [4.78, 5) is 15.1. The molecule has 3 N–H and O–H groups in total. The number of ether oxygens (including phenoxy) is 1. The van der Waals surface area contributed by atoms with Crippen molar-refractivity contribution in [1.82, 2.24) is 4.98 Å². The van der Waals surface area contributed by atoms with Crippen LogP contribution in [0.25, 0.3) is 0 Å². The molecular formula is C12H14Cl2N2O3. The largest absolute Gasteiger partial charge is 0.477 e. The molecule has 1 aromatic rings. The molecule has 7 heteroatoms. The van der Waals surface area contributed by atoms with Crippen LogP contribution in [-0.4, -0.2) is 28.7 Å². The number of nitrogens with zero attached hydrogens (tertiary/aromatic N) is 1. The van der Waals surface area contributed by atoms with E-state index in [1.54, 1.807) is 0 Å². The Labute approximate surface area is 120 Å². The van der Waals surface area contributed by atoms with Crippen LogP contribution in [-0.2, 0) is 0 Å². The van der Waals surface area contributed by atoms with Gasteiger partial charge in [0.2, 0.25) is 5.88 Å². The molecule has 104 valence electrons. The average molecular weight is 305 g/mol. The molecule has 19 heavy (non-hydrogen) atoms. The predicted molar refractivity (Wildman–Crippen MR) is 71.6 cm³/mol. The number of aliphatic hydroxyl groups is 1. The highest BCUT2D eigenvalue weighted by molar-refractivity contribution is 6.41. The summed E-state index contributed by atoms with van der Waals surface area (Å²) in [6.45, 7) is 0.383. The van der Waals surface area contributed by atoms with Gasteiger partial charge in [-0.15, -0.1) is 0 Å². The van der Waals surface area contributed by atoms with Crippen LogP contribution in [0, 0.1) is 5.92 Å². The summed E-state index contributed by atoms with van der Waals surface area (Å²) >= 11 is 11.5. The Hall–Kier alpha value is -1.04. The van der Waals surface area contributed by atoms with Crippen LogP contribution in [0.4, 0.5) is 0 Å². The van der Waals surface area contributed by atoms with Crippen LogP contribution >= 0.6 is 23.2 Å². The summed E-state index contributed by atoms with van der Waals surface area (Å²) in [6, 6.07) is 1.35. The second kappa shape index (κ2) is 5.94. The molecule has 2 unspecified atom stereocenters. The third-order valence-corrected chi connectivity index (χ3v) is 3.68. The number of hydrogen-bond acceptors (Lipinski definition) is 4. The fraction of sp³-hybridized carbons (Fsp3) is 0.500. The highest BCUT2D eigenvalue weighted by Gasteiger charge is 2.34. The lowest BCUT2D eigenvalue weighted by Gasteiger charge is -2.09. The van der Waals surface area contributed by atoms with Crippen molar-refractivity contribution in [2.45, 2.75) is 25.4 Å². The fourth-order valence-electron chi connectivity index (χ4n) is 1.79. The van der Waals surface area contributed by atoms with Gasteiger partial charge in [0.25, 0.3) is 5.91 Å². The number of rotatable bonds is 6. The van der Waals surface area contributed by atoms with Crippen molar-refractivity contribution < 1.29 is 14.6 Å². The molecule has 5 nitrogen and oxygen atoms in total. The molecule has 1 fully saturated rings. The zero-order chi connectivity index (χ0) is 14.0. The van der Waals surface area contributed by atoms with E-state index in [-0.39, 0.29) is 27.7 Å². The Morgan fingerprint density at radius 2 is 2.26 bits per heavy atom. The third kappa shape index (κ3) is 3.72. The molecule has 0 radical (unpaired) electrons. The molecule has 1 saturated carbocycles. The van der Waals surface area contributed by atoms with Gasteiger partial charge in [-0.1, -0.05) is 23.2 Å². The van der Waals surface area contributed by atoms with Crippen LogP contribution in [0.3, 0.4) is 0 Å². The Morgan fingerprint density at radius 1 is 1.58 bits per heavy atom. The maximum absolute atomic E-state index is 11.2. The summed E-state index contributed by atoms with van der Waals surface area (Å²) in [5.41, 5.74) is 5.33. The quantitative estimate of drug-likeness (QED) is 0.622. The van der Waals surface area contributed by atoms with Crippen molar-refractivity contribution >= 4 is 29.1 Å². The molecular weight excluding hydrogens is 291 g/mol. The van der Waals surface area contributed by atoms with Crippen molar-refractivity contribution in [2.75, 3.05) is 6.61 Å². The average Bonchev–Trinajstić information content (AvgIpc) is 3.04. The molecule has 1 amide bonds. The van der Waals surface area contributed by atoms with Crippen LogP contribution < -0.4 is 10.5 Å². The molecule has 0 bridgehead atoms. The lowest BCUT2D eigenvalue weighted by atomic mass is 10.2. The number of nitrogens with two attached hydrogens (primary N) is 1. The maximum atomic E-state index is 11.2. The molecule has 0 saturated heterocycles. The number of hydrogen-bond donors (Lipinski definition) is 2. The minimum absolute atomic E-state index is 0.0688. The number of pyridine rings is 1. The lowest BCUT2D eigenvalue weighted by Crippen LogP contribution is -2.14. The van der Waals surface area contributed by atoms with Gasteiger partial charge in [-0.25, -0.2) is 0 Å². The molecule has 2 atom stereocenters. The number of aliphatic hydroxyl groups excluding tert-OH is 1. The van der Waals surface area contributed by atoms with Gasteiger partial charge in [-0.05, 0) is 31.2 Å². The second-order valence-corrected chi connectivity index (χ2v) is 5.30. The third-order valence-electron chi connectivity index (χ3n) is 3.01. The van der Waals surface area contributed by atoms with E-state index in [9.17, 15) is 9.90 Å². The first-order valence-electron chi connectivity index (χ1n) is 5.95. The molecule has 1 aromatic heterocycles. The Bertz CT molecular complexity index is 496. The van der Waals surface area contributed by atoms with Gasteiger partial charge in [-0.2, -0.15) is 4.98 Å². The monoisotopic (exact) mass is 304 g/mol. The molecule has 0 aromatic carbocycles. The van der Waals surface area contributed by atoms with Gasteiger partial charge < -0.3 is 15.6 Å². The van der Waals surface area contributed by atoms with Crippen molar-refractivity contribution in [2.24, 2.45) is 11.7 Å². The van der Waals surface area contributed by atoms with Gasteiger partial charge in [0.15, 0.2) is 5.15 Å². The number of carbonyl (C=O) groups is 1. The molecule has 0 spiro atoms. The molecule has 1 aliphatic carbocycles. The molecule has 1 heterocycles. The number of amides is 1. The van der Waals surface area contributed by atoms with E-state index in [2.05, 4.69) is 4.98 Å². The number of carbonyl (C=O) groups excluding carboxylic acids is 1. The standard InChI is InChI=1S/C12H14Cl2N2O3/c13-8-5-7(11(15)18)12(16-10(8)14)19-3-1-2-6-4-9(6)17/h5-6,9,17H,1-4H2,(H2,15,18). The SMILES string of the molecule is NC(=O)c1cc(Cl)c(Cl)nc1OCCCC1CC1O. The van der Waals surface area contributed by atoms with E-state index in [4.69, 9.17) is 33.7 Å². The molecule has 1 aliphatic rings. The summed E-state index contributed by atoms with van der Waals surface area (Å²) in [5.74, 6) is -0.196. The topological polar surface area (TPSA) is 85.4 Å². The van der Waals surface area contributed by atoms with E-state index in [1.165, 1.54) is 6.07 Å². The fourth-order valence-corrected chi connectivity index (χ4v) is 2.08. The second-order valence-electron chi connectivity index (χ2n) is 4.53. The van der Waals surface area contributed by atoms with Crippen LogP contribution in [0.15, 0.2) is 6.07 Å². The van der Waals surface area contributed by atoms with Crippen molar-refractivity contribution in [3.8, 4) is 5.88 Å². The van der Waals surface area contributed by atoms with E-state index < -0.39 is 5.91 Å². The van der Waals surface area contributed by atoms with Gasteiger partial charge in [0.1, 0.15) is 5.56 Å². The molecule has 0 aliphatic heterocycles. The number of halogens is 2. The normalized spacial score (nSPS) is 21.2. The van der Waals surface area contributed by atoms with E-state index in [0.717, 1.165) is 19.3 Å². The van der Waals surface area contributed by atoms with Crippen molar-refractivity contribution in [1.29, 1.82) is 0 Å². The van der Waals surface area contributed by atoms with E-state index in [1.807, 2.05) is 0 Å². The summed E-state index contributed by atoms with van der Waals surface area (Å²) in [6.07, 6.45) is 2.35. The predicted octanol–water partition coefficient (Wildman–Crippen LogP) is 2.03. The lowest BCUT2D eigenvalue weighted by molar-refractivity contribution is 0.0995. The minimum Gasteiger partial charge on any atom is -0.477 e. The Morgan fingerprint density at radius 3 is 2.84 bits per heavy atom. The summed E-state index contributed by atoms with van der Waals surface area (Å²) < 4.78 is 5.41. The Kier molecular flexibility index (Phi) is 4.50. The maximum Gasteiger partial charge on any atom is 0.254 e.